The van der Waals surface area contributed by atoms with Crippen molar-refractivity contribution in [2.75, 3.05) is 5.32 Å². The second kappa shape index (κ2) is 5.83. The van der Waals surface area contributed by atoms with Crippen LogP contribution in [-0.4, -0.2) is 10.8 Å². The van der Waals surface area contributed by atoms with Crippen molar-refractivity contribution >= 4 is 33.2 Å². The zero-order chi connectivity index (χ0) is 14.7. The summed E-state index contributed by atoms with van der Waals surface area (Å²) in [7, 11) is 0. The van der Waals surface area contributed by atoms with Gasteiger partial charge < -0.3 is 5.32 Å². The average molecular weight is 335 g/mol. The van der Waals surface area contributed by atoms with Crippen LogP contribution in [0, 0.1) is 17.0 Å². The number of amides is 1. The Morgan fingerprint density at radius 2 is 1.85 bits per heavy atom. The zero-order valence-corrected chi connectivity index (χ0v) is 12.2. The molecule has 0 fully saturated rings. The summed E-state index contributed by atoms with van der Waals surface area (Å²) < 4.78 is 0.736. The van der Waals surface area contributed by atoms with Gasteiger partial charge in [0.1, 0.15) is 0 Å². The van der Waals surface area contributed by atoms with E-state index in [1.54, 1.807) is 12.1 Å². The molecular formula is C14H11BrN2O3. The third-order valence-electron chi connectivity index (χ3n) is 2.77. The van der Waals surface area contributed by atoms with Crippen molar-refractivity contribution in [3.8, 4) is 0 Å². The number of benzene rings is 2. The molecule has 2 aromatic rings. The lowest BCUT2D eigenvalue weighted by molar-refractivity contribution is -0.384. The van der Waals surface area contributed by atoms with Crippen LogP contribution in [0.1, 0.15) is 15.9 Å². The van der Waals surface area contributed by atoms with Crippen LogP contribution in [0.15, 0.2) is 46.9 Å². The van der Waals surface area contributed by atoms with Crippen molar-refractivity contribution in [3.63, 3.8) is 0 Å². The predicted octanol–water partition coefficient (Wildman–Crippen LogP) is 3.92. The van der Waals surface area contributed by atoms with Gasteiger partial charge in [-0.15, -0.1) is 0 Å². The molecule has 0 saturated carbocycles. The third kappa shape index (κ3) is 3.03. The van der Waals surface area contributed by atoms with Crippen LogP contribution < -0.4 is 5.32 Å². The maximum atomic E-state index is 12.1. The molecule has 0 aliphatic heterocycles. The maximum Gasteiger partial charge on any atom is 0.269 e. The minimum absolute atomic E-state index is 0.0141. The lowest BCUT2D eigenvalue weighted by Gasteiger charge is -2.08. The Bertz CT molecular complexity index is 669. The molecule has 0 aromatic heterocycles. The lowest BCUT2D eigenvalue weighted by atomic mass is 10.1. The number of aryl methyl sites for hydroxylation is 1. The van der Waals surface area contributed by atoms with Crippen LogP contribution in [0.5, 0.6) is 0 Å². The van der Waals surface area contributed by atoms with Gasteiger partial charge in [-0.2, -0.15) is 0 Å². The fourth-order valence-corrected chi connectivity index (χ4v) is 2.13. The van der Waals surface area contributed by atoms with E-state index in [2.05, 4.69) is 21.2 Å². The first-order valence-electron chi connectivity index (χ1n) is 5.80. The van der Waals surface area contributed by atoms with E-state index in [0.29, 0.717) is 11.3 Å². The first-order valence-corrected chi connectivity index (χ1v) is 6.59. The number of carbonyl (C=O) groups is 1. The number of carbonyl (C=O) groups excluding carboxylic acids is 1. The van der Waals surface area contributed by atoms with Gasteiger partial charge in [0.15, 0.2) is 0 Å². The lowest BCUT2D eigenvalue weighted by Crippen LogP contribution is -2.12. The van der Waals surface area contributed by atoms with Crippen molar-refractivity contribution in [2.45, 2.75) is 6.92 Å². The minimum atomic E-state index is -0.483. The number of nitro benzene ring substituents is 1. The van der Waals surface area contributed by atoms with Crippen LogP contribution in [-0.2, 0) is 0 Å². The Morgan fingerprint density at radius 1 is 1.20 bits per heavy atom. The van der Waals surface area contributed by atoms with Crippen LogP contribution >= 0.6 is 15.9 Å². The fraction of sp³-hybridized carbons (Fsp3) is 0.0714. The van der Waals surface area contributed by atoms with E-state index in [9.17, 15) is 14.9 Å². The average Bonchev–Trinajstić information content (AvgIpc) is 2.42. The molecule has 0 heterocycles. The molecule has 0 spiro atoms. The van der Waals surface area contributed by atoms with E-state index in [-0.39, 0.29) is 11.6 Å². The number of nitrogens with one attached hydrogen (secondary N) is 1. The molecule has 1 N–H and O–H groups in total. The van der Waals surface area contributed by atoms with Gasteiger partial charge in [-0.3, -0.25) is 14.9 Å². The summed E-state index contributed by atoms with van der Waals surface area (Å²) in [6, 6.07) is 11.1. The highest BCUT2D eigenvalue weighted by Crippen LogP contribution is 2.22. The molecule has 0 bridgehead atoms. The van der Waals surface area contributed by atoms with Crippen LogP contribution in [0.4, 0.5) is 11.4 Å². The molecular weight excluding hydrogens is 324 g/mol. The van der Waals surface area contributed by atoms with E-state index in [1.165, 1.54) is 24.3 Å². The van der Waals surface area contributed by atoms with Crippen molar-refractivity contribution < 1.29 is 9.72 Å². The van der Waals surface area contributed by atoms with Gasteiger partial charge in [0.2, 0.25) is 0 Å². The summed E-state index contributed by atoms with van der Waals surface area (Å²) in [6.07, 6.45) is 0. The molecule has 6 heteroatoms. The van der Waals surface area contributed by atoms with E-state index in [4.69, 9.17) is 0 Å². The second-order valence-electron chi connectivity index (χ2n) is 4.19. The minimum Gasteiger partial charge on any atom is -0.322 e. The van der Waals surface area contributed by atoms with Crippen molar-refractivity contribution in [2.24, 2.45) is 0 Å². The number of nitro groups is 1. The van der Waals surface area contributed by atoms with E-state index >= 15 is 0 Å². The summed E-state index contributed by atoms with van der Waals surface area (Å²) in [5.41, 5.74) is 1.97. The molecule has 1 amide bonds. The largest absolute Gasteiger partial charge is 0.322 e. The molecule has 2 aromatic carbocycles. The Morgan fingerprint density at radius 3 is 2.45 bits per heavy atom. The van der Waals surface area contributed by atoms with Crippen LogP contribution in [0.2, 0.25) is 0 Å². The topological polar surface area (TPSA) is 72.2 Å². The predicted molar refractivity (Wildman–Crippen MR) is 79.9 cm³/mol. The molecule has 0 aliphatic carbocycles. The number of nitrogens with zero attached hydrogens (tertiary/aromatic N) is 1. The monoisotopic (exact) mass is 334 g/mol. The van der Waals surface area contributed by atoms with Gasteiger partial charge in [-0.25, -0.2) is 0 Å². The summed E-state index contributed by atoms with van der Waals surface area (Å²) in [5, 5.41) is 13.3. The highest BCUT2D eigenvalue weighted by Gasteiger charge is 2.12. The van der Waals surface area contributed by atoms with E-state index < -0.39 is 4.92 Å². The molecule has 0 radical (unpaired) electrons. The normalized spacial score (nSPS) is 10.1. The second-order valence-corrected chi connectivity index (χ2v) is 4.99. The summed E-state index contributed by atoms with van der Waals surface area (Å²) >= 11 is 3.37. The van der Waals surface area contributed by atoms with Gasteiger partial charge >= 0.3 is 0 Å². The molecule has 2 rings (SSSR count). The Balaban J connectivity index is 2.19. The highest BCUT2D eigenvalue weighted by molar-refractivity contribution is 9.10. The highest BCUT2D eigenvalue weighted by atomic mass is 79.9. The van der Waals surface area contributed by atoms with E-state index in [1.807, 2.05) is 13.0 Å². The summed E-state index contributed by atoms with van der Waals surface area (Å²) in [6.45, 7) is 1.90. The first-order chi connectivity index (χ1) is 9.49. The Labute approximate surface area is 123 Å². The van der Waals surface area contributed by atoms with Gasteiger partial charge in [-0.1, -0.05) is 12.1 Å². The Kier molecular flexibility index (Phi) is 4.14. The number of non-ortho nitro benzene ring substituents is 1. The summed E-state index contributed by atoms with van der Waals surface area (Å²) in [4.78, 5) is 22.2. The molecule has 0 atom stereocenters. The molecule has 0 unspecified atom stereocenters. The van der Waals surface area contributed by atoms with E-state index in [0.717, 1.165) is 10.0 Å². The Hall–Kier alpha value is -2.21. The first kappa shape index (κ1) is 14.2. The zero-order valence-electron chi connectivity index (χ0n) is 10.6. The third-order valence-corrected chi connectivity index (χ3v) is 3.83. The SMILES string of the molecule is Cc1cccc(C(=O)Nc2ccc([N+](=O)[O-])cc2)c1Br. The van der Waals surface area contributed by atoms with Crippen molar-refractivity contribution in [3.05, 3.63) is 68.2 Å². The number of halogens is 1. The van der Waals surface area contributed by atoms with Crippen molar-refractivity contribution in [1.82, 2.24) is 0 Å². The van der Waals surface area contributed by atoms with Crippen LogP contribution in [0.25, 0.3) is 0 Å². The molecule has 5 nitrogen and oxygen atoms in total. The number of hydrogen-bond acceptors (Lipinski definition) is 3. The van der Waals surface area contributed by atoms with Crippen LogP contribution in [0.3, 0.4) is 0 Å². The summed E-state index contributed by atoms with van der Waals surface area (Å²) in [5.74, 6) is -0.269. The number of hydrogen-bond donors (Lipinski definition) is 1. The van der Waals surface area contributed by atoms with Gasteiger partial charge in [0.25, 0.3) is 11.6 Å². The fourth-order valence-electron chi connectivity index (χ4n) is 1.69. The quantitative estimate of drug-likeness (QED) is 0.683. The molecule has 0 aliphatic rings. The number of rotatable bonds is 3. The smallest absolute Gasteiger partial charge is 0.269 e. The number of anilines is 1. The maximum absolute atomic E-state index is 12.1. The van der Waals surface area contributed by atoms with Crippen molar-refractivity contribution in [1.29, 1.82) is 0 Å². The van der Waals surface area contributed by atoms with Gasteiger partial charge in [0.05, 0.1) is 10.5 Å². The van der Waals surface area contributed by atoms with Gasteiger partial charge in [0, 0.05) is 22.3 Å². The molecule has 0 saturated heterocycles. The molecule has 20 heavy (non-hydrogen) atoms. The molecule has 102 valence electrons. The standard InChI is InChI=1S/C14H11BrN2O3/c1-9-3-2-4-12(13(9)15)14(18)16-10-5-7-11(8-6-10)17(19)20/h2-8H,1H3,(H,16,18). The van der Waals surface area contributed by atoms with Gasteiger partial charge in [-0.05, 0) is 46.6 Å².